The molecule has 0 saturated carbocycles. The number of anilines is 1. The number of nitrogens with zero attached hydrogens (tertiary/aromatic N) is 3. The highest BCUT2D eigenvalue weighted by Gasteiger charge is 2.38. The third-order valence-corrected chi connectivity index (χ3v) is 4.20. The number of rotatable bonds is 2. The van der Waals surface area contributed by atoms with Gasteiger partial charge in [-0.25, -0.2) is 0 Å². The highest BCUT2D eigenvalue weighted by molar-refractivity contribution is 5.90. The molecule has 1 aromatic rings. The van der Waals surface area contributed by atoms with Crippen molar-refractivity contribution in [3.05, 3.63) is 17.8 Å². The molecule has 1 atom stereocenters. The standard InChI is InChI=1S/C14H20N4O2/c15-13(19)11-4-5-12(17-16-11)18-8-3-7-14(10-18)6-1-2-9-20-14/h4-5H,1-3,6-10H2,(H2,15,19). The van der Waals surface area contributed by atoms with E-state index >= 15 is 0 Å². The van der Waals surface area contributed by atoms with Gasteiger partial charge in [-0.15, -0.1) is 10.2 Å². The average Bonchev–Trinajstić information content (AvgIpc) is 2.48. The van der Waals surface area contributed by atoms with Crippen molar-refractivity contribution in [2.45, 2.75) is 37.7 Å². The van der Waals surface area contributed by atoms with E-state index in [9.17, 15) is 4.79 Å². The van der Waals surface area contributed by atoms with Crippen molar-refractivity contribution in [1.82, 2.24) is 10.2 Å². The molecule has 1 spiro atoms. The third-order valence-electron chi connectivity index (χ3n) is 4.20. The van der Waals surface area contributed by atoms with E-state index in [0.29, 0.717) is 0 Å². The molecule has 0 aromatic carbocycles. The monoisotopic (exact) mass is 276 g/mol. The summed E-state index contributed by atoms with van der Waals surface area (Å²) in [6.07, 6.45) is 5.74. The van der Waals surface area contributed by atoms with E-state index in [2.05, 4.69) is 15.1 Å². The molecule has 2 fully saturated rings. The van der Waals surface area contributed by atoms with E-state index in [1.807, 2.05) is 6.07 Å². The van der Waals surface area contributed by atoms with Crippen LogP contribution in [0.3, 0.4) is 0 Å². The zero-order valence-electron chi connectivity index (χ0n) is 11.5. The van der Waals surface area contributed by atoms with Gasteiger partial charge in [0.25, 0.3) is 5.91 Å². The Morgan fingerprint density at radius 1 is 1.25 bits per heavy atom. The summed E-state index contributed by atoms with van der Waals surface area (Å²) >= 11 is 0. The van der Waals surface area contributed by atoms with Crippen LogP contribution in [-0.4, -0.2) is 41.4 Å². The number of piperidine rings is 1. The van der Waals surface area contributed by atoms with Crippen molar-refractivity contribution in [2.75, 3.05) is 24.6 Å². The minimum Gasteiger partial charge on any atom is -0.373 e. The van der Waals surface area contributed by atoms with Gasteiger partial charge in [-0.05, 0) is 44.2 Å². The fourth-order valence-electron chi connectivity index (χ4n) is 3.15. The molecular formula is C14H20N4O2. The lowest BCUT2D eigenvalue weighted by atomic mass is 9.86. The van der Waals surface area contributed by atoms with Crippen molar-refractivity contribution >= 4 is 11.7 Å². The van der Waals surface area contributed by atoms with Crippen molar-refractivity contribution in [1.29, 1.82) is 0 Å². The van der Waals surface area contributed by atoms with Crippen LogP contribution < -0.4 is 10.6 Å². The maximum absolute atomic E-state index is 11.0. The van der Waals surface area contributed by atoms with Gasteiger partial charge >= 0.3 is 0 Å². The van der Waals surface area contributed by atoms with Gasteiger partial charge in [0.1, 0.15) is 0 Å². The van der Waals surface area contributed by atoms with Gasteiger partial charge in [-0.2, -0.15) is 0 Å². The van der Waals surface area contributed by atoms with Crippen LogP contribution in [-0.2, 0) is 4.74 Å². The first-order chi connectivity index (χ1) is 9.69. The fraction of sp³-hybridized carbons (Fsp3) is 0.643. The minimum atomic E-state index is -0.547. The van der Waals surface area contributed by atoms with Gasteiger partial charge < -0.3 is 15.4 Å². The van der Waals surface area contributed by atoms with E-state index in [0.717, 1.165) is 51.2 Å². The van der Waals surface area contributed by atoms with E-state index < -0.39 is 5.91 Å². The van der Waals surface area contributed by atoms with Crippen LogP contribution in [0.5, 0.6) is 0 Å². The van der Waals surface area contributed by atoms with Crippen LogP contribution >= 0.6 is 0 Å². The Hall–Kier alpha value is -1.69. The number of nitrogens with two attached hydrogens (primary N) is 1. The van der Waals surface area contributed by atoms with E-state index in [1.165, 1.54) is 6.42 Å². The zero-order valence-corrected chi connectivity index (χ0v) is 11.5. The Labute approximate surface area is 118 Å². The smallest absolute Gasteiger partial charge is 0.269 e. The summed E-state index contributed by atoms with van der Waals surface area (Å²) in [5.41, 5.74) is 5.37. The molecule has 2 N–H and O–H groups in total. The average molecular weight is 276 g/mol. The largest absolute Gasteiger partial charge is 0.373 e. The Bertz CT molecular complexity index is 477. The van der Waals surface area contributed by atoms with Gasteiger partial charge in [-0.3, -0.25) is 4.79 Å². The van der Waals surface area contributed by atoms with Crippen LogP contribution in [0, 0.1) is 0 Å². The van der Waals surface area contributed by atoms with Crippen molar-refractivity contribution < 1.29 is 9.53 Å². The number of hydrogen-bond acceptors (Lipinski definition) is 5. The molecule has 6 nitrogen and oxygen atoms in total. The van der Waals surface area contributed by atoms with Crippen molar-refractivity contribution in [2.24, 2.45) is 5.73 Å². The second-order valence-corrected chi connectivity index (χ2v) is 5.65. The quantitative estimate of drug-likeness (QED) is 0.875. The van der Waals surface area contributed by atoms with Crippen LogP contribution in [0.4, 0.5) is 5.82 Å². The summed E-state index contributed by atoms with van der Waals surface area (Å²) in [7, 11) is 0. The number of amides is 1. The number of carbonyl (C=O) groups is 1. The third kappa shape index (κ3) is 2.60. The summed E-state index contributed by atoms with van der Waals surface area (Å²) in [5, 5.41) is 8.00. The number of hydrogen-bond donors (Lipinski definition) is 1. The molecule has 0 bridgehead atoms. The van der Waals surface area contributed by atoms with Gasteiger partial charge in [0.15, 0.2) is 11.5 Å². The summed E-state index contributed by atoms with van der Waals surface area (Å²) in [4.78, 5) is 13.2. The van der Waals surface area contributed by atoms with Crippen molar-refractivity contribution in [3.8, 4) is 0 Å². The number of aromatic nitrogens is 2. The first kappa shape index (κ1) is 13.3. The van der Waals surface area contributed by atoms with Crippen LogP contribution in [0.1, 0.15) is 42.6 Å². The lowest BCUT2D eigenvalue weighted by molar-refractivity contribution is -0.0847. The maximum Gasteiger partial charge on any atom is 0.269 e. The van der Waals surface area contributed by atoms with Crippen molar-refractivity contribution in [3.63, 3.8) is 0 Å². The van der Waals surface area contributed by atoms with Crippen LogP contribution in [0.15, 0.2) is 12.1 Å². The van der Waals surface area contributed by atoms with E-state index in [-0.39, 0.29) is 11.3 Å². The normalized spacial score (nSPS) is 26.7. The molecule has 1 amide bonds. The summed E-state index contributed by atoms with van der Waals surface area (Å²) in [5.74, 6) is 0.248. The maximum atomic E-state index is 11.0. The Kier molecular flexibility index (Phi) is 3.56. The molecule has 2 aliphatic rings. The lowest BCUT2D eigenvalue weighted by Gasteiger charge is -2.45. The predicted molar refractivity (Wildman–Crippen MR) is 74.5 cm³/mol. The highest BCUT2D eigenvalue weighted by Crippen LogP contribution is 2.34. The second kappa shape index (κ2) is 5.36. The summed E-state index contributed by atoms with van der Waals surface area (Å²) < 4.78 is 6.06. The lowest BCUT2D eigenvalue weighted by Crippen LogP contribution is -2.51. The molecule has 2 saturated heterocycles. The number of carbonyl (C=O) groups excluding carboxylic acids is 1. The topological polar surface area (TPSA) is 81.3 Å². The van der Waals surface area contributed by atoms with Gasteiger partial charge in [0, 0.05) is 19.7 Å². The van der Waals surface area contributed by atoms with E-state index in [4.69, 9.17) is 10.5 Å². The molecule has 0 radical (unpaired) electrons. The second-order valence-electron chi connectivity index (χ2n) is 5.65. The number of ether oxygens (including phenoxy) is 1. The molecule has 1 unspecified atom stereocenters. The molecule has 0 aliphatic carbocycles. The Balaban J connectivity index is 1.74. The molecule has 2 aliphatic heterocycles. The van der Waals surface area contributed by atoms with E-state index in [1.54, 1.807) is 6.07 Å². The summed E-state index contributed by atoms with van der Waals surface area (Å²) in [6, 6.07) is 3.45. The molecular weight excluding hydrogens is 256 g/mol. The van der Waals surface area contributed by atoms with Gasteiger partial charge in [0.05, 0.1) is 5.60 Å². The van der Waals surface area contributed by atoms with Gasteiger partial charge in [0.2, 0.25) is 0 Å². The molecule has 20 heavy (non-hydrogen) atoms. The van der Waals surface area contributed by atoms with Gasteiger partial charge in [-0.1, -0.05) is 0 Å². The molecule has 6 heteroatoms. The minimum absolute atomic E-state index is 0.0134. The number of primary amides is 1. The predicted octanol–water partition coefficient (Wildman–Crippen LogP) is 1.11. The fourth-order valence-corrected chi connectivity index (χ4v) is 3.15. The summed E-state index contributed by atoms with van der Waals surface area (Å²) in [6.45, 7) is 2.67. The molecule has 1 aromatic heterocycles. The molecule has 3 heterocycles. The van der Waals surface area contributed by atoms with Crippen LogP contribution in [0.25, 0.3) is 0 Å². The Morgan fingerprint density at radius 2 is 2.10 bits per heavy atom. The first-order valence-corrected chi connectivity index (χ1v) is 7.21. The first-order valence-electron chi connectivity index (χ1n) is 7.21. The van der Waals surface area contributed by atoms with Crippen LogP contribution in [0.2, 0.25) is 0 Å². The molecule has 3 rings (SSSR count). The SMILES string of the molecule is NC(=O)c1ccc(N2CCCC3(CCCCO3)C2)nn1. The highest BCUT2D eigenvalue weighted by atomic mass is 16.5. The molecule has 108 valence electrons. The zero-order chi connectivity index (χ0) is 14.0. The Morgan fingerprint density at radius 3 is 2.75 bits per heavy atom.